The second-order valence-corrected chi connectivity index (χ2v) is 10.1. The maximum absolute atomic E-state index is 5.20. The summed E-state index contributed by atoms with van der Waals surface area (Å²) in [4.78, 5) is 22.9. The first-order chi connectivity index (χ1) is 16.8. The number of aromatic nitrogens is 5. The van der Waals surface area contributed by atoms with E-state index in [9.17, 15) is 0 Å². The standard InChI is InChI=1S/C27H25N7/c1-2-7-20-15(6-1)22-16(8-9-30-26(22)31-20)25-32-21-13-29-10-17(14-4-3-5-14)23(21)27(34-25)33-24-18-11-28-12-19(18)24/h1-2,6-10,13-14,18-19,24,28H,3-5,11-12H2,(H,30,31)(H,32,33,34)/t18-,19-/m1/s1. The van der Waals surface area contributed by atoms with Gasteiger partial charge in [-0.1, -0.05) is 24.6 Å². The van der Waals surface area contributed by atoms with Gasteiger partial charge in [0.05, 0.1) is 11.7 Å². The summed E-state index contributed by atoms with van der Waals surface area (Å²) in [6.45, 7) is 2.19. The van der Waals surface area contributed by atoms with Crippen LogP contribution in [0.4, 0.5) is 5.82 Å². The zero-order valence-electron chi connectivity index (χ0n) is 18.8. The quantitative estimate of drug-likeness (QED) is 0.372. The highest BCUT2D eigenvalue weighted by atomic mass is 15.1. The number of aromatic amines is 1. The van der Waals surface area contributed by atoms with Crippen LogP contribution in [0.15, 0.2) is 48.9 Å². The molecule has 168 valence electrons. The fourth-order valence-electron chi connectivity index (χ4n) is 6.11. The van der Waals surface area contributed by atoms with Gasteiger partial charge in [0.2, 0.25) is 0 Å². The molecule has 0 bridgehead atoms. The van der Waals surface area contributed by atoms with Gasteiger partial charge in [0.25, 0.3) is 0 Å². The Bertz CT molecular complexity index is 1570. The van der Waals surface area contributed by atoms with E-state index >= 15 is 0 Å². The lowest BCUT2D eigenvalue weighted by molar-refractivity contribution is 0.421. The number of benzene rings is 1. The number of fused-ring (bicyclic) bond motifs is 5. The van der Waals surface area contributed by atoms with Crippen LogP contribution < -0.4 is 10.6 Å². The Labute approximate surface area is 196 Å². The van der Waals surface area contributed by atoms with E-state index in [2.05, 4.69) is 43.8 Å². The smallest absolute Gasteiger partial charge is 0.163 e. The maximum Gasteiger partial charge on any atom is 0.163 e. The van der Waals surface area contributed by atoms with Gasteiger partial charge in [-0.15, -0.1) is 0 Å². The van der Waals surface area contributed by atoms with Gasteiger partial charge in [0, 0.05) is 58.8 Å². The third-order valence-electron chi connectivity index (χ3n) is 8.22. The molecular weight excluding hydrogens is 422 g/mol. The van der Waals surface area contributed by atoms with Gasteiger partial charge in [0.15, 0.2) is 5.82 Å². The minimum atomic E-state index is 0.486. The second-order valence-electron chi connectivity index (χ2n) is 10.1. The molecule has 7 nitrogen and oxygen atoms in total. The van der Waals surface area contributed by atoms with Gasteiger partial charge in [-0.3, -0.25) is 4.98 Å². The Hall–Kier alpha value is -3.58. The molecule has 4 aromatic heterocycles. The topological polar surface area (TPSA) is 91.4 Å². The van der Waals surface area contributed by atoms with Crippen molar-refractivity contribution >= 4 is 38.7 Å². The van der Waals surface area contributed by atoms with Crippen LogP contribution in [0.25, 0.3) is 44.2 Å². The van der Waals surface area contributed by atoms with Crippen molar-refractivity contribution in [2.75, 3.05) is 18.4 Å². The van der Waals surface area contributed by atoms with E-state index < -0.39 is 0 Å². The van der Waals surface area contributed by atoms with Crippen molar-refractivity contribution in [2.45, 2.75) is 31.2 Å². The van der Waals surface area contributed by atoms with Crippen LogP contribution in [0, 0.1) is 11.8 Å². The maximum atomic E-state index is 5.20. The molecule has 0 radical (unpaired) electrons. The molecule has 0 unspecified atom stereocenters. The molecule has 0 spiro atoms. The van der Waals surface area contributed by atoms with Crippen LogP contribution >= 0.6 is 0 Å². The third-order valence-corrected chi connectivity index (χ3v) is 8.22. The van der Waals surface area contributed by atoms with E-state index in [1.807, 2.05) is 30.7 Å². The fraction of sp³-hybridized carbons (Fsp3) is 0.333. The van der Waals surface area contributed by atoms with Gasteiger partial charge in [-0.2, -0.15) is 0 Å². The average molecular weight is 448 g/mol. The third kappa shape index (κ3) is 2.67. The Balaban J connectivity index is 1.35. The van der Waals surface area contributed by atoms with Crippen molar-refractivity contribution in [1.82, 2.24) is 30.2 Å². The van der Waals surface area contributed by atoms with Crippen LogP contribution in [0.1, 0.15) is 30.7 Å². The minimum Gasteiger partial charge on any atom is -0.366 e. The first-order valence-electron chi connectivity index (χ1n) is 12.3. The van der Waals surface area contributed by atoms with Gasteiger partial charge in [-0.05, 0) is 48.3 Å². The predicted octanol–water partition coefficient (Wildman–Crippen LogP) is 4.62. The van der Waals surface area contributed by atoms with Crippen molar-refractivity contribution in [3.05, 3.63) is 54.5 Å². The molecule has 34 heavy (non-hydrogen) atoms. The number of anilines is 1. The number of rotatable bonds is 4. The minimum absolute atomic E-state index is 0.486. The summed E-state index contributed by atoms with van der Waals surface area (Å²) >= 11 is 0. The molecule has 3 fully saturated rings. The zero-order valence-corrected chi connectivity index (χ0v) is 18.8. The number of hydrogen-bond acceptors (Lipinski definition) is 6. The molecule has 7 heteroatoms. The zero-order chi connectivity index (χ0) is 22.2. The van der Waals surface area contributed by atoms with E-state index in [1.165, 1.54) is 24.8 Å². The SMILES string of the molecule is c1ccc2c(c1)[nH]c1nccc(-c3nc(NC4[C@@H]5CNC[C@@H]45)c4c(C5CCC5)cncc4n3)c12. The van der Waals surface area contributed by atoms with Gasteiger partial charge >= 0.3 is 0 Å². The highest BCUT2D eigenvalue weighted by Gasteiger charge is 2.53. The van der Waals surface area contributed by atoms with Gasteiger partial charge < -0.3 is 15.6 Å². The molecule has 3 N–H and O–H groups in total. The van der Waals surface area contributed by atoms with Crippen molar-refractivity contribution < 1.29 is 0 Å². The summed E-state index contributed by atoms with van der Waals surface area (Å²) in [7, 11) is 0. The average Bonchev–Trinajstić information content (AvgIpc) is 3.16. The van der Waals surface area contributed by atoms with Crippen molar-refractivity contribution in [3.8, 4) is 11.4 Å². The van der Waals surface area contributed by atoms with Crippen LogP contribution in [-0.4, -0.2) is 44.1 Å². The van der Waals surface area contributed by atoms with Crippen LogP contribution in [-0.2, 0) is 0 Å². The second kappa shape index (κ2) is 6.96. The summed E-state index contributed by atoms with van der Waals surface area (Å²) in [5.41, 5.74) is 5.16. The summed E-state index contributed by atoms with van der Waals surface area (Å²) < 4.78 is 0. The lowest BCUT2D eigenvalue weighted by Gasteiger charge is -2.27. The summed E-state index contributed by atoms with van der Waals surface area (Å²) in [6.07, 6.45) is 9.52. The first kappa shape index (κ1) is 18.8. The molecule has 1 aromatic carbocycles. The Morgan fingerprint density at radius 2 is 1.82 bits per heavy atom. The molecular formula is C27H25N7. The summed E-state index contributed by atoms with van der Waals surface area (Å²) in [6, 6.07) is 10.8. The number of hydrogen-bond donors (Lipinski definition) is 3. The molecule has 2 saturated carbocycles. The largest absolute Gasteiger partial charge is 0.366 e. The van der Waals surface area contributed by atoms with Crippen LogP contribution in [0.5, 0.6) is 0 Å². The number of para-hydroxylation sites is 1. The summed E-state index contributed by atoms with van der Waals surface area (Å²) in [5.74, 6) is 3.65. The van der Waals surface area contributed by atoms with E-state index in [-0.39, 0.29) is 0 Å². The molecule has 5 aromatic rings. The molecule has 8 rings (SSSR count). The van der Waals surface area contributed by atoms with Crippen LogP contribution in [0.3, 0.4) is 0 Å². The van der Waals surface area contributed by atoms with Crippen LogP contribution in [0.2, 0.25) is 0 Å². The Morgan fingerprint density at radius 3 is 2.68 bits per heavy atom. The number of nitrogens with zero attached hydrogens (tertiary/aromatic N) is 4. The monoisotopic (exact) mass is 447 g/mol. The summed E-state index contributed by atoms with van der Waals surface area (Å²) in [5, 5.41) is 10.7. The normalized spacial score (nSPS) is 23.9. The van der Waals surface area contributed by atoms with Crippen molar-refractivity contribution in [3.63, 3.8) is 0 Å². The number of pyridine rings is 2. The molecule has 0 amide bonds. The molecule has 2 aliphatic carbocycles. The lowest BCUT2D eigenvalue weighted by Crippen LogP contribution is -2.22. The number of H-pyrrole nitrogens is 1. The van der Waals surface area contributed by atoms with E-state index in [0.29, 0.717) is 23.8 Å². The molecule has 1 aliphatic heterocycles. The number of piperidine rings is 1. The molecule has 2 atom stereocenters. The number of nitrogens with one attached hydrogen (secondary N) is 3. The van der Waals surface area contributed by atoms with E-state index in [0.717, 1.165) is 63.1 Å². The van der Waals surface area contributed by atoms with Crippen molar-refractivity contribution in [1.29, 1.82) is 0 Å². The van der Waals surface area contributed by atoms with Crippen molar-refractivity contribution in [2.24, 2.45) is 11.8 Å². The van der Waals surface area contributed by atoms with E-state index in [4.69, 9.17) is 9.97 Å². The molecule has 1 saturated heterocycles. The lowest BCUT2D eigenvalue weighted by atomic mass is 9.79. The fourth-order valence-corrected chi connectivity index (χ4v) is 6.11. The van der Waals surface area contributed by atoms with E-state index in [1.54, 1.807) is 0 Å². The van der Waals surface area contributed by atoms with Gasteiger partial charge in [0.1, 0.15) is 11.5 Å². The highest BCUT2D eigenvalue weighted by molar-refractivity contribution is 6.12. The molecule has 3 aliphatic rings. The Morgan fingerprint density at radius 1 is 0.941 bits per heavy atom. The van der Waals surface area contributed by atoms with Gasteiger partial charge in [-0.25, -0.2) is 15.0 Å². The highest BCUT2D eigenvalue weighted by Crippen LogP contribution is 2.46. The molecule has 5 heterocycles. The first-order valence-corrected chi connectivity index (χ1v) is 12.3. The Kier molecular flexibility index (Phi) is 3.85. The predicted molar refractivity (Wildman–Crippen MR) is 134 cm³/mol.